The van der Waals surface area contributed by atoms with Crippen LogP contribution in [0, 0.1) is 0 Å². The monoisotopic (exact) mass is 397 g/mol. The van der Waals surface area contributed by atoms with Gasteiger partial charge in [-0.25, -0.2) is 4.79 Å². The molecule has 0 radical (unpaired) electrons. The molecule has 0 atom stereocenters. The standard InChI is InChI=1S/C20H16ClN3O2S/c21-14-3-1-13(2-4-14)17-9-10-18(27-17)19(25)23-15-5-7-16(8-6-15)24-12-11-22-20(24)26/h1-10H,11-12H2,(H,22,26)(H,23,25). The molecule has 3 aromatic rings. The number of thiophene rings is 1. The summed E-state index contributed by atoms with van der Waals surface area (Å²) < 4.78 is 0. The molecule has 7 heteroatoms. The maximum Gasteiger partial charge on any atom is 0.321 e. The number of carbonyl (C=O) groups excluding carboxylic acids is 2. The van der Waals surface area contributed by atoms with Gasteiger partial charge in [-0.15, -0.1) is 11.3 Å². The molecular weight excluding hydrogens is 382 g/mol. The van der Waals surface area contributed by atoms with E-state index >= 15 is 0 Å². The van der Waals surface area contributed by atoms with Crippen LogP contribution in [0.5, 0.6) is 0 Å². The highest BCUT2D eigenvalue weighted by Crippen LogP contribution is 2.29. The van der Waals surface area contributed by atoms with Gasteiger partial charge in [0.2, 0.25) is 0 Å². The second-order valence-electron chi connectivity index (χ2n) is 6.06. The zero-order chi connectivity index (χ0) is 18.8. The molecule has 136 valence electrons. The normalized spacial score (nSPS) is 13.5. The van der Waals surface area contributed by atoms with E-state index in [0.717, 1.165) is 16.1 Å². The Morgan fingerprint density at radius 2 is 1.78 bits per heavy atom. The lowest BCUT2D eigenvalue weighted by Gasteiger charge is -2.14. The summed E-state index contributed by atoms with van der Waals surface area (Å²) in [6.07, 6.45) is 0. The van der Waals surface area contributed by atoms with Crippen LogP contribution in [-0.2, 0) is 0 Å². The Hall–Kier alpha value is -2.83. The second-order valence-corrected chi connectivity index (χ2v) is 7.58. The molecule has 4 rings (SSSR count). The molecule has 0 spiro atoms. The molecule has 2 aromatic carbocycles. The minimum absolute atomic E-state index is 0.0971. The van der Waals surface area contributed by atoms with Crippen molar-refractivity contribution in [1.29, 1.82) is 0 Å². The molecule has 2 heterocycles. The Balaban J connectivity index is 1.45. The van der Waals surface area contributed by atoms with Crippen LogP contribution >= 0.6 is 22.9 Å². The molecule has 5 nitrogen and oxygen atoms in total. The maximum atomic E-state index is 12.5. The first-order valence-electron chi connectivity index (χ1n) is 8.43. The highest BCUT2D eigenvalue weighted by Gasteiger charge is 2.20. The van der Waals surface area contributed by atoms with Crippen molar-refractivity contribution >= 4 is 46.3 Å². The van der Waals surface area contributed by atoms with Gasteiger partial charge < -0.3 is 10.6 Å². The Morgan fingerprint density at radius 1 is 1.04 bits per heavy atom. The number of nitrogens with zero attached hydrogens (tertiary/aromatic N) is 1. The molecule has 0 bridgehead atoms. The van der Waals surface area contributed by atoms with Crippen LogP contribution in [-0.4, -0.2) is 25.0 Å². The Bertz CT molecular complexity index is 983. The zero-order valence-corrected chi connectivity index (χ0v) is 15.8. The van der Waals surface area contributed by atoms with E-state index in [1.54, 1.807) is 17.0 Å². The number of urea groups is 1. The lowest BCUT2D eigenvalue weighted by atomic mass is 10.2. The van der Waals surface area contributed by atoms with E-state index in [1.165, 1.54) is 11.3 Å². The fourth-order valence-corrected chi connectivity index (χ4v) is 3.90. The van der Waals surface area contributed by atoms with Crippen molar-refractivity contribution < 1.29 is 9.59 Å². The average Bonchev–Trinajstić information content (AvgIpc) is 3.32. The van der Waals surface area contributed by atoms with Crippen LogP contribution in [0.4, 0.5) is 16.2 Å². The number of halogens is 1. The predicted octanol–water partition coefficient (Wildman–Crippen LogP) is 4.85. The van der Waals surface area contributed by atoms with Crippen LogP contribution < -0.4 is 15.5 Å². The summed E-state index contributed by atoms with van der Waals surface area (Å²) in [6.45, 7) is 1.29. The molecule has 27 heavy (non-hydrogen) atoms. The maximum absolute atomic E-state index is 12.5. The molecule has 3 amide bonds. The molecule has 2 N–H and O–H groups in total. The average molecular weight is 398 g/mol. The summed E-state index contributed by atoms with van der Waals surface area (Å²) in [7, 11) is 0. The van der Waals surface area contributed by atoms with Crippen molar-refractivity contribution in [2.45, 2.75) is 0 Å². The second kappa shape index (κ2) is 7.42. The van der Waals surface area contributed by atoms with Gasteiger partial charge in [-0.1, -0.05) is 23.7 Å². The van der Waals surface area contributed by atoms with Gasteiger partial charge in [0.25, 0.3) is 5.91 Å². The molecule has 1 fully saturated rings. The molecule has 0 saturated carbocycles. The van der Waals surface area contributed by atoms with Crippen molar-refractivity contribution in [3.63, 3.8) is 0 Å². The molecule has 0 aliphatic carbocycles. The van der Waals surface area contributed by atoms with Gasteiger partial charge in [0.05, 0.1) is 4.88 Å². The third-order valence-electron chi connectivity index (χ3n) is 4.25. The Labute approximate surface area is 165 Å². The van der Waals surface area contributed by atoms with E-state index in [0.29, 0.717) is 28.7 Å². The van der Waals surface area contributed by atoms with E-state index in [1.807, 2.05) is 48.5 Å². The fraction of sp³-hybridized carbons (Fsp3) is 0.100. The Morgan fingerprint density at radius 3 is 2.44 bits per heavy atom. The van der Waals surface area contributed by atoms with Gasteiger partial charge in [0, 0.05) is 34.4 Å². The van der Waals surface area contributed by atoms with Crippen molar-refractivity contribution in [1.82, 2.24) is 5.32 Å². The largest absolute Gasteiger partial charge is 0.336 e. The van der Waals surface area contributed by atoms with Crippen LogP contribution in [0.3, 0.4) is 0 Å². The molecule has 1 aliphatic heterocycles. The van der Waals surface area contributed by atoms with Gasteiger partial charge in [0.15, 0.2) is 0 Å². The van der Waals surface area contributed by atoms with Gasteiger partial charge >= 0.3 is 6.03 Å². The minimum Gasteiger partial charge on any atom is -0.336 e. The molecule has 1 saturated heterocycles. The zero-order valence-electron chi connectivity index (χ0n) is 14.2. The summed E-state index contributed by atoms with van der Waals surface area (Å²) in [5, 5.41) is 6.34. The number of amides is 3. The van der Waals surface area contributed by atoms with Crippen molar-refractivity contribution in [3.05, 3.63) is 70.6 Å². The highest BCUT2D eigenvalue weighted by molar-refractivity contribution is 7.17. The first-order valence-corrected chi connectivity index (χ1v) is 9.62. The fourth-order valence-electron chi connectivity index (χ4n) is 2.86. The number of hydrogen-bond donors (Lipinski definition) is 2. The summed E-state index contributed by atoms with van der Waals surface area (Å²) in [4.78, 5) is 27.5. The van der Waals surface area contributed by atoms with Crippen LogP contribution in [0.25, 0.3) is 10.4 Å². The third-order valence-corrected chi connectivity index (χ3v) is 5.64. The lowest BCUT2D eigenvalue weighted by Crippen LogP contribution is -2.27. The molecular formula is C20H16ClN3O2S. The topological polar surface area (TPSA) is 61.4 Å². The quantitative estimate of drug-likeness (QED) is 0.661. The van der Waals surface area contributed by atoms with E-state index in [-0.39, 0.29) is 11.9 Å². The molecule has 1 aliphatic rings. The summed E-state index contributed by atoms with van der Waals surface area (Å²) >= 11 is 7.35. The number of anilines is 2. The smallest absolute Gasteiger partial charge is 0.321 e. The minimum atomic E-state index is -0.160. The Kier molecular flexibility index (Phi) is 4.83. The number of benzene rings is 2. The van der Waals surface area contributed by atoms with E-state index in [4.69, 9.17) is 11.6 Å². The number of rotatable bonds is 4. The first kappa shape index (κ1) is 17.6. The summed E-state index contributed by atoms with van der Waals surface area (Å²) in [5.74, 6) is -0.160. The SMILES string of the molecule is O=C(Nc1ccc(N2CCNC2=O)cc1)c1ccc(-c2ccc(Cl)cc2)s1. The van der Waals surface area contributed by atoms with Gasteiger partial charge in [-0.05, 0) is 54.1 Å². The lowest BCUT2D eigenvalue weighted by molar-refractivity contribution is 0.103. The van der Waals surface area contributed by atoms with Crippen molar-refractivity contribution in [2.75, 3.05) is 23.3 Å². The van der Waals surface area contributed by atoms with Gasteiger partial charge in [-0.3, -0.25) is 9.69 Å². The van der Waals surface area contributed by atoms with Crippen LogP contribution in [0.2, 0.25) is 5.02 Å². The van der Waals surface area contributed by atoms with Gasteiger partial charge in [-0.2, -0.15) is 0 Å². The number of nitrogens with one attached hydrogen (secondary N) is 2. The van der Waals surface area contributed by atoms with Crippen molar-refractivity contribution in [3.8, 4) is 10.4 Å². The molecule has 1 aromatic heterocycles. The number of carbonyl (C=O) groups is 2. The predicted molar refractivity (Wildman–Crippen MR) is 110 cm³/mol. The van der Waals surface area contributed by atoms with E-state index in [2.05, 4.69) is 10.6 Å². The number of hydrogen-bond acceptors (Lipinski definition) is 3. The first-order chi connectivity index (χ1) is 13.1. The third kappa shape index (κ3) is 3.82. The van der Waals surface area contributed by atoms with Crippen LogP contribution in [0.1, 0.15) is 9.67 Å². The van der Waals surface area contributed by atoms with Crippen LogP contribution in [0.15, 0.2) is 60.7 Å². The molecule has 0 unspecified atom stereocenters. The summed E-state index contributed by atoms with van der Waals surface area (Å²) in [6, 6.07) is 18.4. The summed E-state index contributed by atoms with van der Waals surface area (Å²) in [5.41, 5.74) is 2.52. The van der Waals surface area contributed by atoms with E-state index < -0.39 is 0 Å². The van der Waals surface area contributed by atoms with Crippen molar-refractivity contribution in [2.24, 2.45) is 0 Å². The van der Waals surface area contributed by atoms with E-state index in [9.17, 15) is 9.59 Å². The van der Waals surface area contributed by atoms with Gasteiger partial charge in [0.1, 0.15) is 0 Å². The highest BCUT2D eigenvalue weighted by atomic mass is 35.5.